The van der Waals surface area contributed by atoms with Crippen molar-refractivity contribution >= 4 is 5.91 Å². The molecule has 0 radical (unpaired) electrons. The Labute approximate surface area is 179 Å². The molecule has 1 saturated heterocycles. The number of methoxy groups -OCH3 is 1. The largest absolute Gasteiger partial charge is 0.497 e. The molecule has 0 bridgehead atoms. The normalized spacial score (nSPS) is 16.3. The average Bonchev–Trinajstić information content (AvgIpc) is 3.45. The maximum Gasteiger partial charge on any atom is 0.471 e. The van der Waals surface area contributed by atoms with Gasteiger partial charge in [0.15, 0.2) is 11.6 Å². The maximum atomic E-state index is 14.5. The number of rotatable bonds is 5. The van der Waals surface area contributed by atoms with E-state index in [1.807, 2.05) is 0 Å². The summed E-state index contributed by atoms with van der Waals surface area (Å²) in [4.78, 5) is 17.5. The quantitative estimate of drug-likeness (QED) is 0.542. The predicted octanol–water partition coefficient (Wildman–Crippen LogP) is 4.20. The smallest absolute Gasteiger partial charge is 0.471 e. The summed E-state index contributed by atoms with van der Waals surface area (Å²) in [6, 6.07) is 10.3. The van der Waals surface area contributed by atoms with E-state index in [0.717, 1.165) is 6.07 Å². The van der Waals surface area contributed by atoms with E-state index >= 15 is 0 Å². The van der Waals surface area contributed by atoms with Crippen LogP contribution in [0.5, 0.6) is 11.5 Å². The number of likely N-dealkylation sites (tertiary alicyclic amines) is 1. The summed E-state index contributed by atoms with van der Waals surface area (Å²) in [5, 5.41) is 3.23. The zero-order chi connectivity index (χ0) is 22.9. The zero-order valence-corrected chi connectivity index (χ0v) is 16.7. The lowest BCUT2D eigenvalue weighted by molar-refractivity contribution is -0.159. The number of hydrogen-bond acceptors (Lipinski definition) is 6. The van der Waals surface area contributed by atoms with Gasteiger partial charge in [0.1, 0.15) is 11.9 Å². The highest BCUT2D eigenvalue weighted by Gasteiger charge is 2.38. The van der Waals surface area contributed by atoms with E-state index in [4.69, 9.17) is 9.47 Å². The first-order valence-electron chi connectivity index (χ1n) is 9.55. The SMILES string of the molecule is COc1ccc(C(=O)N2CC[C@H](Oc3ccc(-c4noc(C(F)(F)F)n4)cc3F)C2)cc1. The van der Waals surface area contributed by atoms with Crippen LogP contribution in [0.1, 0.15) is 22.7 Å². The second-order valence-electron chi connectivity index (χ2n) is 7.07. The van der Waals surface area contributed by atoms with Crippen molar-refractivity contribution in [2.75, 3.05) is 20.2 Å². The molecule has 2 aromatic carbocycles. The van der Waals surface area contributed by atoms with Gasteiger partial charge < -0.3 is 18.9 Å². The molecule has 11 heteroatoms. The van der Waals surface area contributed by atoms with Gasteiger partial charge in [0, 0.05) is 24.1 Å². The Hall–Kier alpha value is -3.63. The number of alkyl halides is 3. The van der Waals surface area contributed by atoms with Crippen LogP contribution in [0.2, 0.25) is 0 Å². The Morgan fingerprint density at radius 3 is 2.56 bits per heavy atom. The first-order chi connectivity index (χ1) is 15.2. The zero-order valence-electron chi connectivity index (χ0n) is 16.7. The van der Waals surface area contributed by atoms with Gasteiger partial charge in [-0.05, 0) is 42.5 Å². The van der Waals surface area contributed by atoms with Gasteiger partial charge in [-0.2, -0.15) is 18.2 Å². The number of aromatic nitrogens is 2. The number of nitrogens with zero attached hydrogens (tertiary/aromatic N) is 3. The van der Waals surface area contributed by atoms with E-state index in [1.165, 1.54) is 19.2 Å². The van der Waals surface area contributed by atoms with Crippen LogP contribution in [0.15, 0.2) is 47.0 Å². The van der Waals surface area contributed by atoms with E-state index in [1.54, 1.807) is 29.2 Å². The Kier molecular flexibility index (Phi) is 5.72. The molecule has 1 atom stereocenters. The summed E-state index contributed by atoms with van der Waals surface area (Å²) in [5.41, 5.74) is 0.511. The van der Waals surface area contributed by atoms with E-state index in [-0.39, 0.29) is 29.6 Å². The minimum absolute atomic E-state index is 0.0110. The summed E-state index contributed by atoms with van der Waals surface area (Å²) >= 11 is 0. The molecule has 3 aromatic rings. The van der Waals surface area contributed by atoms with Gasteiger partial charge in [-0.1, -0.05) is 5.16 Å². The van der Waals surface area contributed by atoms with Crippen molar-refractivity contribution < 1.29 is 36.4 Å². The molecular weight excluding hydrogens is 434 g/mol. The van der Waals surface area contributed by atoms with Gasteiger partial charge in [0.2, 0.25) is 5.82 Å². The summed E-state index contributed by atoms with van der Waals surface area (Å²) in [5.74, 6) is -2.32. The van der Waals surface area contributed by atoms with E-state index in [0.29, 0.717) is 24.3 Å². The third kappa shape index (κ3) is 4.51. The van der Waals surface area contributed by atoms with Crippen molar-refractivity contribution in [2.45, 2.75) is 18.7 Å². The van der Waals surface area contributed by atoms with Gasteiger partial charge in [-0.3, -0.25) is 4.79 Å². The molecular formula is C21H17F4N3O4. The molecule has 1 aromatic heterocycles. The van der Waals surface area contributed by atoms with Crippen LogP contribution in [0.3, 0.4) is 0 Å². The number of carbonyl (C=O) groups is 1. The lowest BCUT2D eigenvalue weighted by atomic mass is 10.2. The van der Waals surface area contributed by atoms with Crippen LogP contribution in [-0.2, 0) is 6.18 Å². The van der Waals surface area contributed by atoms with Crippen LogP contribution < -0.4 is 9.47 Å². The summed E-state index contributed by atoms with van der Waals surface area (Å²) in [7, 11) is 1.53. The molecule has 0 N–H and O–H groups in total. The highest BCUT2D eigenvalue weighted by Crippen LogP contribution is 2.31. The van der Waals surface area contributed by atoms with E-state index < -0.39 is 24.0 Å². The molecule has 0 spiro atoms. The maximum absolute atomic E-state index is 14.5. The highest BCUT2D eigenvalue weighted by molar-refractivity contribution is 5.94. The fourth-order valence-corrected chi connectivity index (χ4v) is 3.30. The summed E-state index contributed by atoms with van der Waals surface area (Å²) in [6.07, 6.45) is -4.72. The molecule has 0 saturated carbocycles. The first kappa shape index (κ1) is 21.6. The van der Waals surface area contributed by atoms with E-state index in [9.17, 15) is 22.4 Å². The molecule has 4 rings (SSSR count). The average molecular weight is 451 g/mol. The van der Waals surface area contributed by atoms with Gasteiger partial charge >= 0.3 is 12.1 Å². The number of hydrogen-bond donors (Lipinski definition) is 0. The van der Waals surface area contributed by atoms with Gasteiger partial charge in [-0.15, -0.1) is 0 Å². The molecule has 1 aliphatic rings. The van der Waals surface area contributed by atoms with Gasteiger partial charge in [0.05, 0.1) is 13.7 Å². The van der Waals surface area contributed by atoms with Gasteiger partial charge in [-0.25, -0.2) is 4.39 Å². The standard InChI is InChI=1S/C21H17F4N3O4/c1-30-14-5-2-12(3-6-14)19(29)28-9-8-15(11-28)31-17-7-4-13(10-16(17)22)18-26-20(32-27-18)21(23,24)25/h2-7,10,15H,8-9,11H2,1H3/t15-/m0/s1. The van der Waals surface area contributed by atoms with Crippen LogP contribution in [0.25, 0.3) is 11.4 Å². The molecule has 7 nitrogen and oxygen atoms in total. The molecule has 168 valence electrons. The van der Waals surface area contributed by atoms with Crippen LogP contribution in [0, 0.1) is 5.82 Å². The number of amides is 1. The number of ether oxygens (including phenoxy) is 2. The van der Waals surface area contributed by atoms with Crippen LogP contribution in [0.4, 0.5) is 17.6 Å². The summed E-state index contributed by atoms with van der Waals surface area (Å²) in [6.45, 7) is 0.712. The third-order valence-electron chi connectivity index (χ3n) is 4.92. The minimum Gasteiger partial charge on any atom is -0.497 e. The highest BCUT2D eigenvalue weighted by atomic mass is 19.4. The fourth-order valence-electron chi connectivity index (χ4n) is 3.30. The van der Waals surface area contributed by atoms with Crippen molar-refractivity contribution in [3.8, 4) is 22.9 Å². The van der Waals surface area contributed by atoms with Crippen molar-refractivity contribution in [1.82, 2.24) is 15.0 Å². The molecule has 1 fully saturated rings. The van der Waals surface area contributed by atoms with Gasteiger partial charge in [0.25, 0.3) is 5.91 Å². The van der Waals surface area contributed by atoms with Crippen LogP contribution >= 0.6 is 0 Å². The molecule has 0 unspecified atom stereocenters. The fraction of sp³-hybridized carbons (Fsp3) is 0.286. The van der Waals surface area contributed by atoms with Crippen molar-refractivity contribution in [3.63, 3.8) is 0 Å². The molecule has 32 heavy (non-hydrogen) atoms. The number of carbonyl (C=O) groups excluding carboxylic acids is 1. The second-order valence-corrected chi connectivity index (χ2v) is 7.07. The Morgan fingerprint density at radius 1 is 1.19 bits per heavy atom. The molecule has 2 heterocycles. The Bertz CT molecular complexity index is 1110. The monoisotopic (exact) mass is 451 g/mol. The second kappa shape index (κ2) is 8.48. The predicted molar refractivity (Wildman–Crippen MR) is 103 cm³/mol. The molecule has 1 aliphatic heterocycles. The van der Waals surface area contributed by atoms with Crippen LogP contribution in [-0.4, -0.2) is 47.3 Å². The van der Waals surface area contributed by atoms with Crippen molar-refractivity contribution in [2.24, 2.45) is 0 Å². The molecule has 0 aliphatic carbocycles. The third-order valence-corrected chi connectivity index (χ3v) is 4.92. The van der Waals surface area contributed by atoms with Crippen molar-refractivity contribution in [1.29, 1.82) is 0 Å². The number of benzene rings is 2. The number of halogens is 4. The Balaban J connectivity index is 1.40. The Morgan fingerprint density at radius 2 is 1.94 bits per heavy atom. The van der Waals surface area contributed by atoms with Crippen molar-refractivity contribution in [3.05, 3.63) is 59.7 Å². The summed E-state index contributed by atoms with van der Waals surface area (Å²) < 4.78 is 67.2. The van der Waals surface area contributed by atoms with E-state index in [2.05, 4.69) is 14.7 Å². The molecule has 1 amide bonds. The lowest BCUT2D eigenvalue weighted by Gasteiger charge is -2.18. The minimum atomic E-state index is -4.79. The lowest BCUT2D eigenvalue weighted by Crippen LogP contribution is -2.31. The first-order valence-corrected chi connectivity index (χ1v) is 9.55. The topological polar surface area (TPSA) is 77.7 Å².